The number of carbonyl (C=O) groups is 1. The number of anilines is 1. The molecule has 0 bridgehead atoms. The molecule has 5 rings (SSSR count). The predicted octanol–water partition coefficient (Wildman–Crippen LogP) is 2.53. The van der Waals surface area contributed by atoms with Gasteiger partial charge in [0.1, 0.15) is 12.4 Å². The summed E-state index contributed by atoms with van der Waals surface area (Å²) in [6.45, 7) is 3.66. The molecule has 2 aromatic heterocycles. The lowest BCUT2D eigenvalue weighted by molar-refractivity contribution is -0.230. The largest absolute Gasteiger partial charge is 0.351 e. The first-order valence-corrected chi connectivity index (χ1v) is 12.5. The van der Waals surface area contributed by atoms with Gasteiger partial charge < -0.3 is 30.4 Å². The Balaban J connectivity index is 1.42. The van der Waals surface area contributed by atoms with E-state index >= 15 is 0 Å². The van der Waals surface area contributed by atoms with E-state index in [0.717, 1.165) is 25.9 Å². The van der Waals surface area contributed by atoms with Crippen LogP contribution in [-0.4, -0.2) is 64.7 Å². The zero-order valence-electron chi connectivity index (χ0n) is 21.0. The summed E-state index contributed by atoms with van der Waals surface area (Å²) in [6, 6.07) is 9.98. The molecule has 0 aliphatic carbocycles. The van der Waals surface area contributed by atoms with Gasteiger partial charge in [0, 0.05) is 17.8 Å². The molecule has 4 heterocycles. The van der Waals surface area contributed by atoms with E-state index in [1.807, 2.05) is 6.07 Å². The summed E-state index contributed by atoms with van der Waals surface area (Å²) in [7, 11) is 0. The van der Waals surface area contributed by atoms with Gasteiger partial charge in [-0.15, -0.1) is 0 Å². The number of amides is 1. The second-order valence-corrected chi connectivity index (χ2v) is 9.64. The van der Waals surface area contributed by atoms with Crippen LogP contribution in [-0.2, 0) is 14.3 Å². The number of nitriles is 1. The predicted molar refractivity (Wildman–Crippen MR) is 136 cm³/mol. The fraction of sp³-hybridized carbons (Fsp3) is 0.423. The molecule has 38 heavy (non-hydrogen) atoms. The molecule has 2 fully saturated rings. The van der Waals surface area contributed by atoms with Crippen LogP contribution in [0.15, 0.2) is 36.5 Å². The third-order valence-corrected chi connectivity index (χ3v) is 6.63. The molecule has 1 aromatic carbocycles. The Bertz CT molecular complexity index is 1310. The van der Waals surface area contributed by atoms with Crippen LogP contribution < -0.4 is 16.0 Å². The molecule has 198 valence electrons. The molecule has 0 saturated carbocycles. The van der Waals surface area contributed by atoms with E-state index in [-0.39, 0.29) is 37.5 Å². The molecular weight excluding hydrogens is 491 g/mol. The zero-order chi connectivity index (χ0) is 26.5. The summed E-state index contributed by atoms with van der Waals surface area (Å²) in [5.74, 6) is 0.235. The Labute approximate surface area is 219 Å². The maximum absolute atomic E-state index is 13.7. The number of hydrogen-bond donors (Lipinski definition) is 4. The number of H-pyrrole nitrogens is 1. The molecule has 0 spiro atoms. The topological polar surface area (TPSA) is 150 Å². The minimum Gasteiger partial charge on any atom is -0.351 e. The molecule has 0 unspecified atom stereocenters. The second-order valence-electron chi connectivity index (χ2n) is 9.64. The van der Waals surface area contributed by atoms with Crippen molar-refractivity contribution in [3.8, 4) is 28.7 Å². The van der Waals surface area contributed by atoms with Crippen LogP contribution in [0.1, 0.15) is 31.9 Å². The van der Waals surface area contributed by atoms with E-state index in [0.29, 0.717) is 34.4 Å². The number of nitrogens with zero attached hydrogens (tertiary/aromatic N) is 4. The van der Waals surface area contributed by atoms with E-state index in [2.05, 4.69) is 25.9 Å². The summed E-state index contributed by atoms with van der Waals surface area (Å²) in [5, 5.41) is 18.0. The molecule has 3 aromatic rings. The average molecular weight is 521 g/mol. The third kappa shape index (κ3) is 5.65. The van der Waals surface area contributed by atoms with Gasteiger partial charge in [0.05, 0.1) is 41.8 Å². The number of hydrogen-bond acceptors (Lipinski definition) is 9. The lowest BCUT2D eigenvalue weighted by Gasteiger charge is -2.35. The van der Waals surface area contributed by atoms with Crippen LogP contribution in [0.25, 0.3) is 22.6 Å². The molecule has 1 amide bonds. The number of imidazole rings is 1. The molecule has 0 radical (unpaired) electrons. The van der Waals surface area contributed by atoms with Crippen LogP contribution >= 0.6 is 0 Å². The summed E-state index contributed by atoms with van der Waals surface area (Å²) in [5.41, 5.74) is 1.51. The van der Waals surface area contributed by atoms with Crippen LogP contribution in [0.5, 0.6) is 0 Å². The highest BCUT2D eigenvalue weighted by atomic mass is 19.1. The number of halogens is 1. The van der Waals surface area contributed by atoms with Crippen molar-refractivity contribution in [3.63, 3.8) is 0 Å². The number of aromatic nitrogens is 4. The number of nitrogens with one attached hydrogen (secondary N) is 4. The van der Waals surface area contributed by atoms with Gasteiger partial charge in [0.25, 0.3) is 0 Å². The Morgan fingerprint density at radius 2 is 1.92 bits per heavy atom. The third-order valence-electron chi connectivity index (χ3n) is 6.63. The van der Waals surface area contributed by atoms with Crippen molar-refractivity contribution in [1.82, 2.24) is 30.6 Å². The number of aromatic amines is 1. The number of rotatable bonds is 7. The van der Waals surface area contributed by atoms with Crippen LogP contribution in [0.3, 0.4) is 0 Å². The maximum atomic E-state index is 13.7. The van der Waals surface area contributed by atoms with E-state index in [4.69, 9.17) is 24.7 Å². The number of carbonyl (C=O) groups excluding carboxylic acids is 1. The molecular formula is C26H29FN8O3. The second kappa shape index (κ2) is 11.2. The van der Waals surface area contributed by atoms with Crippen molar-refractivity contribution < 1.29 is 18.7 Å². The van der Waals surface area contributed by atoms with Crippen molar-refractivity contribution in [3.05, 3.63) is 48.2 Å². The normalized spacial score (nSPS) is 22.0. The van der Waals surface area contributed by atoms with E-state index in [9.17, 15) is 9.18 Å². The van der Waals surface area contributed by atoms with Gasteiger partial charge in [-0.2, -0.15) is 5.26 Å². The van der Waals surface area contributed by atoms with E-state index in [1.165, 1.54) is 12.1 Å². The fourth-order valence-electron chi connectivity index (χ4n) is 4.45. The first-order chi connectivity index (χ1) is 18.4. The Morgan fingerprint density at radius 1 is 1.18 bits per heavy atom. The van der Waals surface area contributed by atoms with Gasteiger partial charge in [-0.05, 0) is 63.2 Å². The van der Waals surface area contributed by atoms with Crippen molar-refractivity contribution in [2.24, 2.45) is 5.41 Å². The van der Waals surface area contributed by atoms with Gasteiger partial charge in [-0.1, -0.05) is 0 Å². The summed E-state index contributed by atoms with van der Waals surface area (Å²) >= 11 is 0. The summed E-state index contributed by atoms with van der Waals surface area (Å²) in [4.78, 5) is 29.6. The standard InChI is InChI=1S/C26H29FN8O3/c1-26(24(36)30-13-9-28)14-37-23(38-15-26)22-34-20(16-2-4-17(27)5-3-16)21(35-22)19-8-12-31-25(33-19)32-18-6-10-29-11-7-18/h2-5,8,12,18,23,29H,6-7,10-11,13-15H2,1H3,(H,30,36)(H,34,35)(H,31,32,33). The first kappa shape index (κ1) is 25.7. The smallest absolute Gasteiger partial charge is 0.231 e. The molecule has 0 atom stereocenters. The summed E-state index contributed by atoms with van der Waals surface area (Å²) < 4.78 is 25.4. The van der Waals surface area contributed by atoms with Crippen molar-refractivity contribution in [2.45, 2.75) is 32.1 Å². The molecule has 2 aliphatic heterocycles. The quantitative estimate of drug-likeness (QED) is 0.345. The Hall–Kier alpha value is -3.92. The molecule has 11 nitrogen and oxygen atoms in total. The molecule has 12 heteroatoms. The molecule has 2 aliphatic rings. The maximum Gasteiger partial charge on any atom is 0.231 e. The fourth-order valence-corrected chi connectivity index (χ4v) is 4.45. The zero-order valence-corrected chi connectivity index (χ0v) is 21.0. The van der Waals surface area contributed by atoms with Gasteiger partial charge in [-0.3, -0.25) is 4.79 Å². The Morgan fingerprint density at radius 3 is 2.63 bits per heavy atom. The number of ether oxygens (including phenoxy) is 2. The number of benzene rings is 1. The monoisotopic (exact) mass is 520 g/mol. The van der Waals surface area contributed by atoms with Gasteiger partial charge in [0.15, 0.2) is 5.82 Å². The Kier molecular flexibility index (Phi) is 7.59. The van der Waals surface area contributed by atoms with Gasteiger partial charge in [0.2, 0.25) is 18.1 Å². The van der Waals surface area contributed by atoms with Crippen LogP contribution in [0, 0.1) is 22.6 Å². The molecule has 2 saturated heterocycles. The highest BCUT2D eigenvalue weighted by molar-refractivity contribution is 5.83. The average Bonchev–Trinajstić information content (AvgIpc) is 3.39. The summed E-state index contributed by atoms with van der Waals surface area (Å²) in [6.07, 6.45) is 2.78. The number of piperidine rings is 1. The minimum atomic E-state index is -0.940. The molecule has 4 N–H and O–H groups in total. The lowest BCUT2D eigenvalue weighted by Crippen LogP contribution is -2.48. The lowest BCUT2D eigenvalue weighted by atomic mass is 9.91. The SMILES string of the molecule is CC1(C(=O)NCC#N)COC(c2nc(-c3ccc(F)cc3)c(-c3ccnc(NC4CCNCC4)n3)[nH]2)OC1. The highest BCUT2D eigenvalue weighted by Crippen LogP contribution is 2.35. The van der Waals surface area contributed by atoms with Crippen LogP contribution in [0.4, 0.5) is 10.3 Å². The van der Waals surface area contributed by atoms with Crippen molar-refractivity contribution >= 4 is 11.9 Å². The van der Waals surface area contributed by atoms with Crippen molar-refractivity contribution in [1.29, 1.82) is 5.26 Å². The van der Waals surface area contributed by atoms with Gasteiger partial charge in [-0.25, -0.2) is 19.3 Å². The minimum absolute atomic E-state index is 0.0780. The van der Waals surface area contributed by atoms with E-state index < -0.39 is 11.7 Å². The van der Waals surface area contributed by atoms with Crippen molar-refractivity contribution in [2.75, 3.05) is 38.2 Å². The first-order valence-electron chi connectivity index (χ1n) is 12.5. The van der Waals surface area contributed by atoms with Crippen LogP contribution in [0.2, 0.25) is 0 Å². The van der Waals surface area contributed by atoms with Gasteiger partial charge >= 0.3 is 0 Å². The highest BCUT2D eigenvalue weighted by Gasteiger charge is 2.40. The van der Waals surface area contributed by atoms with E-state index in [1.54, 1.807) is 31.3 Å².